The summed E-state index contributed by atoms with van der Waals surface area (Å²) in [7, 11) is 0. The van der Waals surface area contributed by atoms with Crippen molar-refractivity contribution in [2.45, 2.75) is 0 Å². The molecule has 10 heteroatoms. The summed E-state index contributed by atoms with van der Waals surface area (Å²) in [6.45, 7) is 0. The Balaban J connectivity index is 0.871. The van der Waals surface area contributed by atoms with Gasteiger partial charge >= 0.3 is 0 Å². The van der Waals surface area contributed by atoms with Crippen molar-refractivity contribution in [3.63, 3.8) is 0 Å². The van der Waals surface area contributed by atoms with Gasteiger partial charge in [-0.3, -0.25) is 0 Å². The molecule has 0 amide bonds. The SMILES string of the molecule is c1cnc2oc3cc(N(c4ccc5c(ccc6cc(N(c7ccc8c(c7)oc7ncccc78)c7ccc8c(c7)sc7ncccc78)ccc65)c4)c4ccc5c(c4)sc4ncccc45)ccc3c2c1. The molecule has 0 saturated carbocycles. The van der Waals surface area contributed by atoms with E-state index >= 15 is 0 Å². The Morgan fingerprint density at radius 1 is 0.309 bits per heavy atom. The Morgan fingerprint density at radius 2 is 0.676 bits per heavy atom. The minimum absolute atomic E-state index is 0.633. The summed E-state index contributed by atoms with van der Waals surface area (Å²) in [5.74, 6) is 0. The molecule has 0 aliphatic carbocycles. The summed E-state index contributed by atoms with van der Waals surface area (Å²) < 4.78 is 15.0. The van der Waals surface area contributed by atoms with Crippen LogP contribution in [0.25, 0.3) is 106 Å². The third kappa shape index (κ3) is 5.71. The standard InChI is InChI=1S/C58H32N6O2S2/c1-5-47-43-19-13-37(29-51(43)65-55(47)59-23-1)63(39-15-21-45-49-7-3-25-61-57(49)67-53(45)31-39)35-11-17-41-33(27-35)9-10-34-28-36(12-18-42(34)41)64(38-14-20-44-48-6-2-24-60-56(48)66-52(44)30-38)40-16-22-46-50-8-4-26-62-58(50)68-54(46)32-40/h1-32H. The van der Waals surface area contributed by atoms with Crippen LogP contribution in [0.3, 0.4) is 0 Å². The third-order valence-electron chi connectivity index (χ3n) is 13.3. The number of pyridine rings is 4. The van der Waals surface area contributed by atoms with E-state index in [0.29, 0.717) is 11.4 Å². The fourth-order valence-electron chi connectivity index (χ4n) is 10.2. The summed E-state index contributed by atoms with van der Waals surface area (Å²) in [5.41, 5.74) is 8.99. The molecule has 0 radical (unpaired) electrons. The Bertz CT molecular complexity index is 4050. The van der Waals surface area contributed by atoms with Gasteiger partial charge in [-0.2, -0.15) is 0 Å². The van der Waals surface area contributed by atoms with Crippen LogP contribution in [0.1, 0.15) is 0 Å². The first-order valence-corrected chi connectivity index (χ1v) is 23.9. The Morgan fingerprint density at radius 3 is 1.13 bits per heavy atom. The van der Waals surface area contributed by atoms with Crippen LogP contribution in [0.5, 0.6) is 0 Å². The molecule has 0 saturated heterocycles. The number of anilines is 6. The number of hydrogen-bond acceptors (Lipinski definition) is 10. The van der Waals surface area contributed by atoms with E-state index in [4.69, 9.17) is 8.83 Å². The number of rotatable bonds is 6. The first-order valence-electron chi connectivity index (χ1n) is 22.3. The van der Waals surface area contributed by atoms with Crippen LogP contribution in [-0.2, 0) is 0 Å². The molecule has 7 aromatic carbocycles. The maximum Gasteiger partial charge on any atom is 0.227 e. The molecule has 0 aliphatic rings. The molecular weight excluding hydrogens is 877 g/mol. The normalized spacial score (nSPS) is 12.1. The molecule has 0 N–H and O–H groups in total. The highest BCUT2D eigenvalue weighted by molar-refractivity contribution is 7.25. The number of benzene rings is 7. The van der Waals surface area contributed by atoms with E-state index in [9.17, 15) is 0 Å². The van der Waals surface area contributed by atoms with Gasteiger partial charge in [-0.25, -0.2) is 19.9 Å². The maximum atomic E-state index is 6.33. The van der Waals surface area contributed by atoms with E-state index < -0.39 is 0 Å². The Kier molecular flexibility index (Phi) is 7.94. The molecule has 0 unspecified atom stereocenters. The van der Waals surface area contributed by atoms with Crippen LogP contribution in [0.2, 0.25) is 0 Å². The lowest BCUT2D eigenvalue weighted by Gasteiger charge is -2.27. The fraction of sp³-hybridized carbons (Fsp3) is 0. The van der Waals surface area contributed by atoms with Crippen molar-refractivity contribution in [3.8, 4) is 0 Å². The van der Waals surface area contributed by atoms with Crippen LogP contribution in [-0.4, -0.2) is 19.9 Å². The minimum atomic E-state index is 0.633. The van der Waals surface area contributed by atoms with Gasteiger partial charge in [0.25, 0.3) is 0 Å². The maximum absolute atomic E-state index is 6.33. The van der Waals surface area contributed by atoms with Crippen LogP contribution < -0.4 is 9.80 Å². The second-order valence-electron chi connectivity index (χ2n) is 17.1. The van der Waals surface area contributed by atoms with E-state index in [1.165, 1.54) is 41.7 Å². The van der Waals surface area contributed by atoms with Crippen LogP contribution >= 0.6 is 22.7 Å². The summed E-state index contributed by atoms with van der Waals surface area (Å²) in [6.07, 6.45) is 7.27. The average molecular weight is 909 g/mol. The molecule has 15 rings (SSSR count). The van der Waals surface area contributed by atoms with Gasteiger partial charge in [0.1, 0.15) is 20.8 Å². The van der Waals surface area contributed by atoms with Crippen molar-refractivity contribution in [2.75, 3.05) is 9.80 Å². The molecule has 8 heterocycles. The lowest BCUT2D eigenvalue weighted by atomic mass is 9.99. The van der Waals surface area contributed by atoms with Gasteiger partial charge in [0.05, 0.1) is 0 Å². The largest absolute Gasteiger partial charge is 0.438 e. The third-order valence-corrected chi connectivity index (χ3v) is 15.4. The molecule has 0 atom stereocenters. The molecule has 318 valence electrons. The second kappa shape index (κ2) is 14.4. The van der Waals surface area contributed by atoms with E-state index in [1.54, 1.807) is 35.1 Å². The topological polar surface area (TPSA) is 84.3 Å². The van der Waals surface area contributed by atoms with E-state index in [-0.39, 0.29) is 0 Å². The summed E-state index contributed by atoms with van der Waals surface area (Å²) in [6, 6.07) is 60.7. The zero-order chi connectivity index (χ0) is 44.5. The van der Waals surface area contributed by atoms with Crippen molar-refractivity contribution in [3.05, 3.63) is 195 Å². The Labute approximate surface area is 394 Å². The molecule has 68 heavy (non-hydrogen) atoms. The molecule has 0 bridgehead atoms. The van der Waals surface area contributed by atoms with Crippen molar-refractivity contribution >= 4 is 163 Å². The quantitative estimate of drug-likeness (QED) is 0.153. The van der Waals surface area contributed by atoms with Crippen LogP contribution in [0, 0.1) is 0 Å². The number of aromatic nitrogens is 4. The van der Waals surface area contributed by atoms with Crippen molar-refractivity contribution in [2.24, 2.45) is 0 Å². The van der Waals surface area contributed by atoms with Gasteiger partial charge in [0.15, 0.2) is 0 Å². The van der Waals surface area contributed by atoms with Crippen molar-refractivity contribution in [1.29, 1.82) is 0 Å². The van der Waals surface area contributed by atoms with Gasteiger partial charge in [0, 0.05) is 124 Å². The number of hydrogen-bond donors (Lipinski definition) is 0. The molecule has 0 spiro atoms. The number of thiophene rings is 2. The molecule has 8 aromatic heterocycles. The van der Waals surface area contributed by atoms with Gasteiger partial charge in [-0.15, -0.1) is 22.7 Å². The van der Waals surface area contributed by atoms with Crippen LogP contribution in [0.15, 0.2) is 203 Å². The summed E-state index contributed by atoms with van der Waals surface area (Å²) in [4.78, 5) is 25.1. The highest BCUT2D eigenvalue weighted by Crippen LogP contribution is 2.45. The van der Waals surface area contributed by atoms with Gasteiger partial charge in [0.2, 0.25) is 11.4 Å². The molecule has 0 aliphatic heterocycles. The summed E-state index contributed by atoms with van der Waals surface area (Å²) in [5, 5.41) is 13.4. The number of fused-ring (bicyclic) bond motifs is 15. The predicted octanol–water partition coefficient (Wildman–Crippen LogP) is 17.0. The van der Waals surface area contributed by atoms with E-state index in [2.05, 4.69) is 175 Å². The first-order chi connectivity index (χ1) is 33.6. The molecule has 0 fully saturated rings. The lowest BCUT2D eigenvalue weighted by Crippen LogP contribution is -2.10. The first kappa shape index (κ1) is 37.5. The zero-order valence-corrected chi connectivity index (χ0v) is 37.4. The average Bonchev–Trinajstić information content (AvgIpc) is 4.16. The van der Waals surface area contributed by atoms with E-state index in [1.807, 2.05) is 36.7 Å². The molecule has 8 nitrogen and oxygen atoms in total. The zero-order valence-electron chi connectivity index (χ0n) is 35.8. The second-order valence-corrected chi connectivity index (χ2v) is 19.2. The predicted molar refractivity (Wildman–Crippen MR) is 282 cm³/mol. The molecular formula is C58H32N6O2S2. The summed E-state index contributed by atoms with van der Waals surface area (Å²) >= 11 is 3.44. The van der Waals surface area contributed by atoms with Crippen LogP contribution in [0.4, 0.5) is 34.1 Å². The number of nitrogens with zero attached hydrogens (tertiary/aromatic N) is 6. The Hall–Kier alpha value is -8.70. The smallest absolute Gasteiger partial charge is 0.227 e. The van der Waals surface area contributed by atoms with Crippen molar-refractivity contribution < 1.29 is 8.83 Å². The molecule has 15 aromatic rings. The highest BCUT2D eigenvalue weighted by atomic mass is 32.1. The lowest BCUT2D eigenvalue weighted by molar-refractivity contribution is 0.653. The highest BCUT2D eigenvalue weighted by Gasteiger charge is 2.21. The fourth-order valence-corrected chi connectivity index (χ4v) is 12.3. The monoisotopic (exact) mass is 908 g/mol. The van der Waals surface area contributed by atoms with Gasteiger partial charge in [-0.05, 0) is 143 Å². The van der Waals surface area contributed by atoms with Crippen molar-refractivity contribution in [1.82, 2.24) is 19.9 Å². The number of furan rings is 2. The minimum Gasteiger partial charge on any atom is -0.438 e. The van der Waals surface area contributed by atoms with Gasteiger partial charge in [-0.1, -0.05) is 36.4 Å². The van der Waals surface area contributed by atoms with E-state index in [0.717, 1.165) is 87.3 Å². The van der Waals surface area contributed by atoms with Gasteiger partial charge < -0.3 is 18.6 Å².